The second-order valence-electron chi connectivity index (χ2n) is 5.64. The molecule has 1 heterocycles. The molecule has 0 spiro atoms. The molecule has 0 saturated heterocycles. The van der Waals surface area contributed by atoms with Crippen LogP contribution in [0.4, 0.5) is 11.9 Å². The topological polar surface area (TPSA) is 121 Å². The summed E-state index contributed by atoms with van der Waals surface area (Å²) in [6.07, 6.45) is 0.0650. The van der Waals surface area contributed by atoms with Gasteiger partial charge in [0.25, 0.3) is 0 Å². The predicted octanol–water partition coefficient (Wildman–Crippen LogP) is 1.23. The van der Waals surface area contributed by atoms with E-state index in [0.29, 0.717) is 17.3 Å². The smallest absolute Gasteiger partial charge is 0.309 e. The van der Waals surface area contributed by atoms with Gasteiger partial charge in [-0.25, -0.2) is 0 Å². The van der Waals surface area contributed by atoms with E-state index in [1.165, 1.54) is 6.92 Å². The molecule has 0 fully saturated rings. The van der Waals surface area contributed by atoms with E-state index in [4.69, 9.17) is 15.2 Å². The van der Waals surface area contributed by atoms with Crippen LogP contribution in [0.15, 0.2) is 24.3 Å². The second kappa shape index (κ2) is 8.75. The molecule has 0 aliphatic rings. The van der Waals surface area contributed by atoms with Gasteiger partial charge in [-0.15, -0.1) is 0 Å². The molecule has 26 heavy (non-hydrogen) atoms. The van der Waals surface area contributed by atoms with E-state index in [2.05, 4.69) is 15.0 Å². The fourth-order valence-corrected chi connectivity index (χ4v) is 1.94. The SMILES string of the molecule is CC(=O)c1ccc(OCCC(=O)OCc2nc(N)nc(N(C)C)n2)cc1. The number of Topliss-reactive ketones (excluding diaryl/α,β-unsaturated/α-hetero) is 1. The van der Waals surface area contributed by atoms with Crippen LogP contribution in [0.5, 0.6) is 5.75 Å². The van der Waals surface area contributed by atoms with E-state index >= 15 is 0 Å². The number of benzene rings is 1. The van der Waals surface area contributed by atoms with Gasteiger partial charge in [0.2, 0.25) is 11.9 Å². The first-order chi connectivity index (χ1) is 12.3. The van der Waals surface area contributed by atoms with Crippen molar-refractivity contribution < 1.29 is 19.1 Å². The first-order valence-corrected chi connectivity index (χ1v) is 7.92. The van der Waals surface area contributed by atoms with Crippen LogP contribution in [0, 0.1) is 0 Å². The van der Waals surface area contributed by atoms with Crippen molar-refractivity contribution in [1.29, 1.82) is 0 Å². The molecule has 0 atom stereocenters. The molecular formula is C17H21N5O4. The lowest BCUT2D eigenvalue weighted by Gasteiger charge is -2.11. The minimum absolute atomic E-state index is 0.0171. The number of aromatic nitrogens is 3. The number of hydrogen-bond acceptors (Lipinski definition) is 9. The molecule has 2 rings (SSSR count). The minimum Gasteiger partial charge on any atom is -0.493 e. The Labute approximate surface area is 151 Å². The van der Waals surface area contributed by atoms with Crippen LogP contribution in [0.3, 0.4) is 0 Å². The maximum atomic E-state index is 11.8. The third kappa shape index (κ3) is 5.69. The fraction of sp³-hybridized carbons (Fsp3) is 0.353. The third-order valence-corrected chi connectivity index (χ3v) is 3.29. The lowest BCUT2D eigenvalue weighted by atomic mass is 10.1. The average Bonchev–Trinajstić information content (AvgIpc) is 2.60. The molecule has 1 aromatic carbocycles. The summed E-state index contributed by atoms with van der Waals surface area (Å²) in [5.41, 5.74) is 6.21. The number of nitrogens with two attached hydrogens (primary N) is 1. The van der Waals surface area contributed by atoms with Crippen LogP contribution in [-0.4, -0.2) is 47.4 Å². The van der Waals surface area contributed by atoms with Crippen molar-refractivity contribution in [1.82, 2.24) is 15.0 Å². The van der Waals surface area contributed by atoms with E-state index in [1.807, 2.05) is 0 Å². The predicted molar refractivity (Wildman–Crippen MR) is 94.9 cm³/mol. The highest BCUT2D eigenvalue weighted by atomic mass is 16.5. The van der Waals surface area contributed by atoms with Crippen LogP contribution in [0.2, 0.25) is 0 Å². The van der Waals surface area contributed by atoms with E-state index < -0.39 is 5.97 Å². The van der Waals surface area contributed by atoms with Gasteiger partial charge in [-0.05, 0) is 31.2 Å². The normalized spacial score (nSPS) is 10.3. The van der Waals surface area contributed by atoms with Gasteiger partial charge in [0.05, 0.1) is 13.0 Å². The lowest BCUT2D eigenvalue weighted by molar-refractivity contribution is -0.145. The highest BCUT2D eigenvalue weighted by Crippen LogP contribution is 2.13. The van der Waals surface area contributed by atoms with Crippen molar-refractivity contribution in [2.75, 3.05) is 31.3 Å². The third-order valence-electron chi connectivity index (χ3n) is 3.29. The number of hydrogen-bond donors (Lipinski definition) is 1. The van der Waals surface area contributed by atoms with Gasteiger partial charge in [-0.1, -0.05) is 0 Å². The molecule has 0 saturated carbocycles. The molecule has 0 aliphatic carbocycles. The summed E-state index contributed by atoms with van der Waals surface area (Å²) in [7, 11) is 3.54. The second-order valence-corrected chi connectivity index (χ2v) is 5.64. The van der Waals surface area contributed by atoms with Crippen molar-refractivity contribution >= 4 is 23.6 Å². The Morgan fingerprint density at radius 3 is 2.42 bits per heavy atom. The number of carbonyl (C=O) groups excluding carboxylic acids is 2. The Kier molecular flexibility index (Phi) is 6.42. The summed E-state index contributed by atoms with van der Waals surface area (Å²) in [5.74, 6) is 0.833. The van der Waals surface area contributed by atoms with Crippen LogP contribution in [0.25, 0.3) is 0 Å². The summed E-state index contributed by atoms with van der Waals surface area (Å²) < 4.78 is 10.6. The Bertz CT molecular complexity index is 777. The molecule has 0 bridgehead atoms. The first-order valence-electron chi connectivity index (χ1n) is 7.92. The monoisotopic (exact) mass is 359 g/mol. The summed E-state index contributed by atoms with van der Waals surface area (Å²) in [6, 6.07) is 6.70. The molecule has 0 radical (unpaired) electrons. The molecule has 1 aromatic heterocycles. The summed E-state index contributed by atoms with van der Waals surface area (Å²) >= 11 is 0. The zero-order valence-electron chi connectivity index (χ0n) is 14.9. The lowest BCUT2D eigenvalue weighted by Crippen LogP contribution is -2.17. The molecule has 2 N–H and O–H groups in total. The molecule has 0 amide bonds. The molecule has 138 valence electrons. The number of nitrogens with zero attached hydrogens (tertiary/aromatic N) is 4. The zero-order chi connectivity index (χ0) is 19.1. The Balaban J connectivity index is 1.78. The Morgan fingerprint density at radius 2 is 1.81 bits per heavy atom. The standard InChI is InChI=1S/C17H21N5O4/c1-11(23)12-4-6-13(7-5-12)25-9-8-15(24)26-10-14-19-16(18)21-17(20-14)22(2)3/h4-7H,8-10H2,1-3H3,(H2,18,19,20,21). The van der Waals surface area contributed by atoms with E-state index in [1.54, 1.807) is 43.3 Å². The number of anilines is 2. The average molecular weight is 359 g/mol. The zero-order valence-corrected chi connectivity index (χ0v) is 14.9. The van der Waals surface area contributed by atoms with Gasteiger partial charge in [0.15, 0.2) is 18.2 Å². The largest absolute Gasteiger partial charge is 0.493 e. The van der Waals surface area contributed by atoms with Crippen LogP contribution in [-0.2, 0) is 16.1 Å². The maximum Gasteiger partial charge on any atom is 0.309 e. The molecule has 0 aliphatic heterocycles. The summed E-state index contributed by atoms with van der Waals surface area (Å²) in [4.78, 5) is 36.7. The van der Waals surface area contributed by atoms with Crippen LogP contribution < -0.4 is 15.4 Å². The molecular weight excluding hydrogens is 338 g/mol. The van der Waals surface area contributed by atoms with Gasteiger partial charge < -0.3 is 20.1 Å². The van der Waals surface area contributed by atoms with E-state index in [0.717, 1.165) is 0 Å². The highest BCUT2D eigenvalue weighted by Gasteiger charge is 2.10. The molecule has 9 heteroatoms. The fourth-order valence-electron chi connectivity index (χ4n) is 1.94. The minimum atomic E-state index is -0.448. The number of carbonyl (C=O) groups is 2. The van der Waals surface area contributed by atoms with Crippen molar-refractivity contribution in [2.24, 2.45) is 0 Å². The van der Waals surface area contributed by atoms with Gasteiger partial charge >= 0.3 is 5.97 Å². The molecule has 2 aromatic rings. The van der Waals surface area contributed by atoms with Crippen molar-refractivity contribution in [2.45, 2.75) is 20.0 Å². The van der Waals surface area contributed by atoms with Gasteiger partial charge in [-0.3, -0.25) is 9.59 Å². The number of rotatable bonds is 8. The van der Waals surface area contributed by atoms with Gasteiger partial charge in [-0.2, -0.15) is 15.0 Å². The number of ether oxygens (including phenoxy) is 2. The highest BCUT2D eigenvalue weighted by molar-refractivity contribution is 5.94. The quantitative estimate of drug-likeness (QED) is 0.548. The maximum absolute atomic E-state index is 11.8. The number of ketones is 1. The van der Waals surface area contributed by atoms with Gasteiger partial charge in [0, 0.05) is 19.7 Å². The van der Waals surface area contributed by atoms with E-state index in [-0.39, 0.29) is 37.2 Å². The number of nitrogen functional groups attached to an aromatic ring is 1. The molecule has 0 unspecified atom stereocenters. The first kappa shape index (κ1) is 19.1. The molecule has 9 nitrogen and oxygen atoms in total. The van der Waals surface area contributed by atoms with Crippen molar-refractivity contribution in [3.05, 3.63) is 35.7 Å². The van der Waals surface area contributed by atoms with Crippen molar-refractivity contribution in [3.8, 4) is 5.75 Å². The van der Waals surface area contributed by atoms with Gasteiger partial charge in [0.1, 0.15) is 5.75 Å². The Morgan fingerprint density at radius 1 is 1.12 bits per heavy atom. The van der Waals surface area contributed by atoms with Crippen LogP contribution >= 0.6 is 0 Å². The van der Waals surface area contributed by atoms with E-state index in [9.17, 15) is 9.59 Å². The Hall–Kier alpha value is -3.23. The van der Waals surface area contributed by atoms with Crippen molar-refractivity contribution in [3.63, 3.8) is 0 Å². The summed E-state index contributed by atoms with van der Waals surface area (Å²) in [5, 5.41) is 0. The number of esters is 1. The van der Waals surface area contributed by atoms with Crippen LogP contribution in [0.1, 0.15) is 29.5 Å². The summed E-state index contributed by atoms with van der Waals surface area (Å²) in [6.45, 7) is 1.55.